The van der Waals surface area contributed by atoms with E-state index in [1.54, 1.807) is 18.2 Å². The summed E-state index contributed by atoms with van der Waals surface area (Å²) in [5.41, 5.74) is 1.15. The molecule has 1 N–H and O–H groups in total. The van der Waals surface area contributed by atoms with E-state index in [1.807, 2.05) is 5.38 Å². The number of halogens is 1. The maximum absolute atomic E-state index is 13.9. The van der Waals surface area contributed by atoms with Crippen molar-refractivity contribution in [2.75, 3.05) is 32.8 Å². The molecule has 1 aromatic heterocycles. The van der Waals surface area contributed by atoms with Crippen molar-refractivity contribution in [2.24, 2.45) is 0 Å². The van der Waals surface area contributed by atoms with Gasteiger partial charge in [0.15, 0.2) is 0 Å². The highest BCUT2D eigenvalue weighted by molar-refractivity contribution is 7.13. The van der Waals surface area contributed by atoms with Crippen molar-refractivity contribution in [1.29, 1.82) is 0 Å². The fourth-order valence-corrected chi connectivity index (χ4v) is 3.81. The molecule has 3 rings (SSSR count). The quantitative estimate of drug-likeness (QED) is 0.806. The third-order valence-corrected chi connectivity index (χ3v) is 5.36. The molecule has 0 spiro atoms. The monoisotopic (exact) mass is 377 g/mol. The molecule has 0 bridgehead atoms. The highest BCUT2D eigenvalue weighted by Gasteiger charge is 2.18. The number of carbonyl (C=O) groups is 1. The van der Waals surface area contributed by atoms with Gasteiger partial charge in [-0.1, -0.05) is 19.1 Å². The lowest BCUT2D eigenvalue weighted by atomic mass is 10.2. The number of benzene rings is 1. The molecule has 1 aliphatic heterocycles. The van der Waals surface area contributed by atoms with Crippen LogP contribution in [0.1, 0.15) is 19.0 Å². The van der Waals surface area contributed by atoms with Crippen LogP contribution in [-0.2, 0) is 16.0 Å². The highest BCUT2D eigenvalue weighted by Crippen LogP contribution is 2.26. The average Bonchev–Trinajstić information content (AvgIpc) is 3.10. The molecule has 0 saturated carbocycles. The Morgan fingerprint density at radius 3 is 2.88 bits per heavy atom. The molecule has 1 amide bonds. The zero-order valence-corrected chi connectivity index (χ0v) is 15.7. The normalized spacial score (nSPS) is 16.4. The highest BCUT2D eigenvalue weighted by atomic mass is 32.1. The molecule has 7 heteroatoms. The first kappa shape index (κ1) is 18.9. The third-order valence-electron chi connectivity index (χ3n) is 4.44. The van der Waals surface area contributed by atoms with E-state index < -0.39 is 0 Å². The molecule has 0 radical (unpaired) electrons. The Bertz CT molecular complexity index is 731. The summed E-state index contributed by atoms with van der Waals surface area (Å²) in [7, 11) is 0. The second-order valence-corrected chi connectivity index (χ2v) is 7.24. The fourth-order valence-electron chi connectivity index (χ4n) is 2.96. The molecule has 5 nitrogen and oxygen atoms in total. The number of nitrogens with zero attached hydrogens (tertiary/aromatic N) is 2. The molecule has 1 aliphatic rings. The van der Waals surface area contributed by atoms with Crippen LogP contribution in [0.25, 0.3) is 10.6 Å². The zero-order valence-electron chi connectivity index (χ0n) is 14.9. The number of hydrogen-bond acceptors (Lipinski definition) is 5. The van der Waals surface area contributed by atoms with Crippen molar-refractivity contribution in [3.05, 3.63) is 41.2 Å². The number of hydrogen-bond donors (Lipinski definition) is 1. The molecule has 1 fully saturated rings. The number of nitrogens with one attached hydrogen (secondary N) is 1. The molecule has 1 unspecified atom stereocenters. The summed E-state index contributed by atoms with van der Waals surface area (Å²) in [6.07, 6.45) is 1.09. The summed E-state index contributed by atoms with van der Waals surface area (Å²) in [4.78, 5) is 19.1. The molecule has 2 aromatic rings. The number of carbonyl (C=O) groups excluding carboxylic acids is 1. The molecular weight excluding hydrogens is 353 g/mol. The number of morpholine rings is 1. The summed E-state index contributed by atoms with van der Waals surface area (Å²) in [6.45, 7) is 6.23. The summed E-state index contributed by atoms with van der Waals surface area (Å²) < 4.78 is 19.2. The summed E-state index contributed by atoms with van der Waals surface area (Å²) in [6, 6.07) is 6.67. The maximum atomic E-state index is 13.9. The van der Waals surface area contributed by atoms with Gasteiger partial charge in [0.05, 0.1) is 25.3 Å². The second kappa shape index (κ2) is 9.21. The van der Waals surface area contributed by atoms with Gasteiger partial charge >= 0.3 is 0 Å². The molecule has 1 aromatic carbocycles. The lowest BCUT2D eigenvalue weighted by Crippen LogP contribution is -2.47. The summed E-state index contributed by atoms with van der Waals surface area (Å²) in [5, 5.41) is 5.52. The Morgan fingerprint density at radius 2 is 2.15 bits per heavy atom. The van der Waals surface area contributed by atoms with E-state index in [4.69, 9.17) is 4.74 Å². The predicted molar refractivity (Wildman–Crippen MR) is 101 cm³/mol. The van der Waals surface area contributed by atoms with E-state index in [9.17, 15) is 9.18 Å². The Morgan fingerprint density at radius 1 is 1.38 bits per heavy atom. The lowest BCUT2D eigenvalue weighted by molar-refractivity contribution is -0.121. The molecule has 26 heavy (non-hydrogen) atoms. The van der Waals surface area contributed by atoms with Gasteiger partial charge in [-0.3, -0.25) is 9.69 Å². The fraction of sp³-hybridized carbons (Fsp3) is 0.474. The van der Waals surface area contributed by atoms with Crippen molar-refractivity contribution in [2.45, 2.75) is 25.8 Å². The molecular formula is C19H24FN3O2S. The Kier molecular flexibility index (Phi) is 6.71. The van der Waals surface area contributed by atoms with Gasteiger partial charge in [-0.2, -0.15) is 0 Å². The number of amides is 1. The Balaban J connectivity index is 1.55. The van der Waals surface area contributed by atoms with Crippen molar-refractivity contribution >= 4 is 17.2 Å². The largest absolute Gasteiger partial charge is 0.379 e. The van der Waals surface area contributed by atoms with Crippen LogP contribution in [0.4, 0.5) is 4.39 Å². The van der Waals surface area contributed by atoms with Crippen LogP contribution in [0.2, 0.25) is 0 Å². The molecule has 2 heterocycles. The van der Waals surface area contributed by atoms with Crippen LogP contribution >= 0.6 is 11.3 Å². The van der Waals surface area contributed by atoms with Gasteiger partial charge in [0.1, 0.15) is 10.8 Å². The van der Waals surface area contributed by atoms with Crippen LogP contribution in [0.5, 0.6) is 0 Å². The first-order valence-corrected chi connectivity index (χ1v) is 9.82. The van der Waals surface area contributed by atoms with E-state index >= 15 is 0 Å². The zero-order chi connectivity index (χ0) is 18.4. The van der Waals surface area contributed by atoms with E-state index in [0.29, 0.717) is 16.3 Å². The standard InChI is InChI=1S/C19H24FN3O2S/c1-2-14(12-23-7-9-25-10-8-23)21-18(24)11-15-13-26-19(22-15)16-5-3-4-6-17(16)20/h3-6,13-14H,2,7-12H2,1H3,(H,21,24). The molecule has 1 atom stereocenters. The van der Waals surface area contributed by atoms with E-state index in [-0.39, 0.29) is 24.2 Å². The van der Waals surface area contributed by atoms with Crippen molar-refractivity contribution in [3.8, 4) is 10.6 Å². The van der Waals surface area contributed by atoms with Gasteiger partial charge in [-0.25, -0.2) is 9.37 Å². The van der Waals surface area contributed by atoms with E-state index in [1.165, 1.54) is 17.4 Å². The lowest BCUT2D eigenvalue weighted by Gasteiger charge is -2.30. The first-order chi connectivity index (χ1) is 12.7. The Labute approximate surface area is 157 Å². The number of thiazole rings is 1. The minimum absolute atomic E-state index is 0.0458. The van der Waals surface area contributed by atoms with Gasteiger partial charge in [0, 0.05) is 36.6 Å². The van der Waals surface area contributed by atoms with Gasteiger partial charge in [-0.15, -0.1) is 11.3 Å². The summed E-state index contributed by atoms with van der Waals surface area (Å²) in [5.74, 6) is -0.343. The number of rotatable bonds is 7. The molecule has 140 valence electrons. The van der Waals surface area contributed by atoms with Crippen molar-refractivity contribution in [3.63, 3.8) is 0 Å². The maximum Gasteiger partial charge on any atom is 0.226 e. The van der Waals surface area contributed by atoms with Gasteiger partial charge in [0.25, 0.3) is 0 Å². The van der Waals surface area contributed by atoms with Crippen LogP contribution in [0.3, 0.4) is 0 Å². The summed E-state index contributed by atoms with van der Waals surface area (Å²) >= 11 is 1.36. The minimum Gasteiger partial charge on any atom is -0.379 e. The van der Waals surface area contributed by atoms with Crippen LogP contribution < -0.4 is 5.32 Å². The third kappa shape index (κ3) is 5.09. The topological polar surface area (TPSA) is 54.5 Å². The van der Waals surface area contributed by atoms with E-state index in [0.717, 1.165) is 39.3 Å². The predicted octanol–water partition coefficient (Wildman–Crippen LogP) is 2.72. The smallest absolute Gasteiger partial charge is 0.226 e. The van der Waals surface area contributed by atoms with Crippen LogP contribution in [0.15, 0.2) is 29.6 Å². The SMILES string of the molecule is CCC(CN1CCOCC1)NC(=O)Cc1csc(-c2ccccc2F)n1. The van der Waals surface area contributed by atoms with Gasteiger partial charge < -0.3 is 10.1 Å². The average molecular weight is 377 g/mol. The number of ether oxygens (including phenoxy) is 1. The van der Waals surface area contributed by atoms with Crippen LogP contribution in [0, 0.1) is 5.82 Å². The van der Waals surface area contributed by atoms with Crippen molar-refractivity contribution < 1.29 is 13.9 Å². The molecule has 1 saturated heterocycles. The Hall–Kier alpha value is -1.83. The van der Waals surface area contributed by atoms with Gasteiger partial charge in [0.2, 0.25) is 5.91 Å². The van der Waals surface area contributed by atoms with Gasteiger partial charge in [-0.05, 0) is 18.6 Å². The minimum atomic E-state index is -0.297. The molecule has 0 aliphatic carbocycles. The van der Waals surface area contributed by atoms with Crippen molar-refractivity contribution in [1.82, 2.24) is 15.2 Å². The first-order valence-electron chi connectivity index (χ1n) is 8.94. The van der Waals surface area contributed by atoms with Crippen LogP contribution in [-0.4, -0.2) is 54.7 Å². The number of aromatic nitrogens is 1. The van der Waals surface area contributed by atoms with E-state index in [2.05, 4.69) is 22.1 Å². The second-order valence-electron chi connectivity index (χ2n) is 6.39.